The highest BCUT2D eigenvalue weighted by atomic mass is 32.2. The third kappa shape index (κ3) is 3.31. The first-order valence-electron chi connectivity index (χ1n) is 9.09. The molecule has 2 N–H and O–H groups in total. The minimum atomic E-state index is -3.90. The number of carbonyl (C=O) groups excluding carboxylic acids is 1. The molecular weight excluding hydrogens is 388 g/mol. The highest BCUT2D eigenvalue weighted by Crippen LogP contribution is 2.30. The summed E-state index contributed by atoms with van der Waals surface area (Å²) < 4.78 is 28.0. The molecule has 0 fully saturated rings. The quantitative estimate of drug-likeness (QED) is 0.529. The molecule has 8 heteroatoms. The third-order valence-corrected chi connectivity index (χ3v) is 6.58. The van der Waals surface area contributed by atoms with E-state index in [1.807, 2.05) is 42.3 Å². The molecule has 4 rings (SSSR count). The largest absolute Gasteiger partial charge is 0.373 e. The number of hydrogen-bond acceptors (Lipinski definition) is 5. The zero-order chi connectivity index (χ0) is 20.6. The van der Waals surface area contributed by atoms with E-state index in [0.717, 1.165) is 15.2 Å². The zero-order valence-corrected chi connectivity index (χ0v) is 16.6. The van der Waals surface area contributed by atoms with E-state index < -0.39 is 15.9 Å². The third-order valence-electron chi connectivity index (χ3n) is 4.92. The lowest BCUT2D eigenvalue weighted by Crippen LogP contribution is -2.24. The number of primary amides is 1. The summed E-state index contributed by atoms with van der Waals surface area (Å²) in [4.78, 5) is 13.2. The highest BCUT2D eigenvalue weighted by molar-refractivity contribution is 7.90. The number of nitrogens with zero attached hydrogens (tertiary/aromatic N) is 3. The van der Waals surface area contributed by atoms with Gasteiger partial charge in [0.15, 0.2) is 0 Å². The van der Waals surface area contributed by atoms with Gasteiger partial charge in [0.25, 0.3) is 10.0 Å². The van der Waals surface area contributed by atoms with Crippen LogP contribution in [0.5, 0.6) is 0 Å². The van der Waals surface area contributed by atoms with E-state index in [0.29, 0.717) is 22.8 Å². The van der Waals surface area contributed by atoms with Crippen LogP contribution in [-0.2, 0) is 14.8 Å². The Hall–Kier alpha value is -3.39. The molecule has 0 saturated carbocycles. The first kappa shape index (κ1) is 18.9. The van der Waals surface area contributed by atoms with E-state index in [4.69, 9.17) is 5.73 Å². The van der Waals surface area contributed by atoms with Gasteiger partial charge >= 0.3 is 0 Å². The van der Waals surface area contributed by atoms with Crippen molar-refractivity contribution in [2.45, 2.75) is 11.3 Å². The van der Waals surface area contributed by atoms with Crippen molar-refractivity contribution in [1.29, 1.82) is 0 Å². The van der Waals surface area contributed by atoms with E-state index in [1.54, 1.807) is 30.3 Å². The molecule has 1 amide bonds. The molecule has 3 aromatic carbocycles. The van der Waals surface area contributed by atoms with Crippen LogP contribution in [0.4, 0.5) is 5.69 Å². The van der Waals surface area contributed by atoms with Crippen molar-refractivity contribution >= 4 is 43.3 Å². The summed E-state index contributed by atoms with van der Waals surface area (Å²) in [7, 11) is -2.08. The van der Waals surface area contributed by atoms with E-state index >= 15 is 0 Å². The minimum Gasteiger partial charge on any atom is -0.373 e. The fourth-order valence-corrected chi connectivity index (χ4v) is 4.94. The van der Waals surface area contributed by atoms with Crippen molar-refractivity contribution in [2.24, 2.45) is 5.73 Å². The van der Waals surface area contributed by atoms with Crippen molar-refractivity contribution in [3.05, 3.63) is 66.9 Å². The Morgan fingerprint density at radius 1 is 1.03 bits per heavy atom. The number of hydrogen-bond donors (Lipinski definition) is 1. The molecule has 0 aliphatic carbocycles. The number of amides is 1. The molecule has 0 aliphatic rings. The van der Waals surface area contributed by atoms with Gasteiger partial charge in [-0.3, -0.25) is 4.79 Å². The van der Waals surface area contributed by atoms with Gasteiger partial charge in [0.1, 0.15) is 0 Å². The molecule has 7 nitrogen and oxygen atoms in total. The molecule has 148 valence electrons. The number of nitrogens with two attached hydrogens (primary N) is 1. The lowest BCUT2D eigenvalue weighted by Gasteiger charge is -2.19. The first-order valence-corrected chi connectivity index (χ1v) is 10.5. The lowest BCUT2D eigenvalue weighted by atomic mass is 10.1. The molecule has 0 bridgehead atoms. The fourth-order valence-electron chi connectivity index (χ4n) is 3.45. The maximum atomic E-state index is 13.4. The van der Waals surface area contributed by atoms with Crippen LogP contribution in [0.2, 0.25) is 0 Å². The Bertz CT molecular complexity index is 1320. The first-order chi connectivity index (χ1) is 13.9. The summed E-state index contributed by atoms with van der Waals surface area (Å²) in [6, 6.07) is 17.9. The van der Waals surface area contributed by atoms with E-state index in [1.165, 1.54) is 6.20 Å². The van der Waals surface area contributed by atoms with Gasteiger partial charge in [-0.15, -0.1) is 0 Å². The molecule has 1 heterocycles. The molecule has 0 saturated heterocycles. The summed E-state index contributed by atoms with van der Waals surface area (Å²) in [5, 5.41) is 6.37. The molecule has 0 unspecified atom stereocenters. The van der Waals surface area contributed by atoms with Gasteiger partial charge in [-0.05, 0) is 23.6 Å². The smallest absolute Gasteiger partial charge is 0.284 e. The molecule has 0 spiro atoms. The van der Waals surface area contributed by atoms with Crippen LogP contribution in [-0.4, -0.2) is 37.1 Å². The second-order valence-corrected chi connectivity index (χ2v) is 8.55. The predicted octanol–water partition coefficient (Wildman–Crippen LogP) is 2.74. The number of anilines is 1. The second kappa shape index (κ2) is 7.21. The van der Waals surface area contributed by atoms with Gasteiger partial charge in [0.05, 0.1) is 16.6 Å². The van der Waals surface area contributed by atoms with Crippen LogP contribution in [0.3, 0.4) is 0 Å². The summed E-state index contributed by atoms with van der Waals surface area (Å²) >= 11 is 0. The number of rotatable bonds is 6. The van der Waals surface area contributed by atoms with Crippen LogP contribution in [0.1, 0.15) is 6.42 Å². The normalized spacial score (nSPS) is 11.8. The van der Waals surface area contributed by atoms with Crippen LogP contribution < -0.4 is 10.6 Å². The Kier molecular flexibility index (Phi) is 4.71. The summed E-state index contributed by atoms with van der Waals surface area (Å²) in [6.45, 7) is 0.426. The van der Waals surface area contributed by atoms with Crippen LogP contribution >= 0.6 is 0 Å². The molecule has 0 atom stereocenters. The topological polar surface area (TPSA) is 98.3 Å². The number of benzene rings is 3. The van der Waals surface area contributed by atoms with Crippen molar-refractivity contribution < 1.29 is 13.2 Å². The standard InChI is InChI=1S/C21H20N4O3S/c1-24(13-12-21(22)26)18-9-5-10-19-17(18)14-23-25(19)29(27,28)20-11-4-7-15-6-2-3-8-16(15)20/h2-11,14H,12-13H2,1H3,(H2,22,26). The zero-order valence-electron chi connectivity index (χ0n) is 15.8. The van der Waals surface area contributed by atoms with Gasteiger partial charge < -0.3 is 10.6 Å². The van der Waals surface area contributed by atoms with Crippen molar-refractivity contribution in [2.75, 3.05) is 18.5 Å². The van der Waals surface area contributed by atoms with Crippen LogP contribution in [0, 0.1) is 0 Å². The maximum absolute atomic E-state index is 13.4. The predicted molar refractivity (Wildman–Crippen MR) is 113 cm³/mol. The number of fused-ring (bicyclic) bond motifs is 2. The molecular formula is C21H20N4O3S. The van der Waals surface area contributed by atoms with E-state index in [9.17, 15) is 13.2 Å². The minimum absolute atomic E-state index is 0.202. The highest BCUT2D eigenvalue weighted by Gasteiger charge is 2.23. The monoisotopic (exact) mass is 408 g/mol. The Morgan fingerprint density at radius 3 is 2.55 bits per heavy atom. The summed E-state index contributed by atoms with van der Waals surface area (Å²) in [6.07, 6.45) is 1.74. The number of aromatic nitrogens is 2. The van der Waals surface area contributed by atoms with Gasteiger partial charge in [0.2, 0.25) is 5.91 Å². The average molecular weight is 408 g/mol. The summed E-state index contributed by atoms with van der Waals surface area (Å²) in [5.41, 5.74) is 6.50. The van der Waals surface area contributed by atoms with Crippen molar-refractivity contribution in [1.82, 2.24) is 9.19 Å². The molecule has 1 aromatic heterocycles. The van der Waals surface area contributed by atoms with Crippen molar-refractivity contribution in [3.63, 3.8) is 0 Å². The molecule has 29 heavy (non-hydrogen) atoms. The fraction of sp³-hybridized carbons (Fsp3) is 0.143. The average Bonchev–Trinajstić information content (AvgIpc) is 3.16. The summed E-state index contributed by atoms with van der Waals surface area (Å²) in [5.74, 6) is -0.391. The van der Waals surface area contributed by atoms with E-state index in [-0.39, 0.29) is 11.3 Å². The van der Waals surface area contributed by atoms with Gasteiger partial charge in [0, 0.05) is 36.5 Å². The second-order valence-electron chi connectivity index (χ2n) is 6.82. The molecule has 0 radical (unpaired) electrons. The Balaban J connectivity index is 1.84. The van der Waals surface area contributed by atoms with Gasteiger partial charge in [-0.2, -0.15) is 17.6 Å². The lowest BCUT2D eigenvalue weighted by molar-refractivity contribution is -0.117. The van der Waals surface area contributed by atoms with Gasteiger partial charge in [-0.1, -0.05) is 42.5 Å². The van der Waals surface area contributed by atoms with Crippen LogP contribution in [0.15, 0.2) is 71.8 Å². The van der Waals surface area contributed by atoms with Crippen LogP contribution in [0.25, 0.3) is 21.7 Å². The number of carbonyl (C=O) groups is 1. The Morgan fingerprint density at radius 2 is 1.76 bits per heavy atom. The van der Waals surface area contributed by atoms with E-state index in [2.05, 4.69) is 5.10 Å². The molecule has 4 aromatic rings. The Labute approximate surface area is 168 Å². The van der Waals surface area contributed by atoms with Gasteiger partial charge in [-0.25, -0.2) is 0 Å². The maximum Gasteiger partial charge on any atom is 0.284 e. The SMILES string of the molecule is CN(CCC(N)=O)c1cccc2c1cnn2S(=O)(=O)c1cccc2ccccc12. The van der Waals surface area contributed by atoms with Crippen molar-refractivity contribution in [3.8, 4) is 0 Å². The molecule has 0 aliphatic heterocycles.